The molecule has 186 valence electrons. The Labute approximate surface area is 207 Å². The third-order valence-electron chi connectivity index (χ3n) is 6.06. The van der Waals surface area contributed by atoms with Crippen molar-refractivity contribution in [3.8, 4) is 0 Å². The van der Waals surface area contributed by atoms with Gasteiger partial charge in [-0.3, -0.25) is 9.36 Å². The van der Waals surface area contributed by atoms with E-state index in [0.29, 0.717) is 19.4 Å². The second-order valence-electron chi connectivity index (χ2n) is 8.40. The van der Waals surface area contributed by atoms with Crippen molar-refractivity contribution in [3.63, 3.8) is 0 Å². The van der Waals surface area contributed by atoms with E-state index in [1.165, 1.54) is 7.11 Å². The molecule has 0 N–H and O–H groups in total. The lowest BCUT2D eigenvalue weighted by Crippen LogP contribution is -2.30. The monoisotopic (exact) mass is 497 g/mol. The molecule has 0 aliphatic carbocycles. The van der Waals surface area contributed by atoms with Gasteiger partial charge in [-0.1, -0.05) is 72.8 Å². The van der Waals surface area contributed by atoms with Crippen molar-refractivity contribution in [1.29, 1.82) is 0 Å². The normalized spacial score (nSPS) is 13.0. The van der Waals surface area contributed by atoms with Gasteiger partial charge in [-0.2, -0.15) is 0 Å². The van der Waals surface area contributed by atoms with Gasteiger partial charge in [0.05, 0.1) is 19.6 Å². The number of hydrogen-bond donors (Lipinski definition) is 0. The van der Waals surface area contributed by atoms with Crippen LogP contribution in [-0.4, -0.2) is 44.3 Å². The van der Waals surface area contributed by atoms with Crippen LogP contribution in [0.15, 0.2) is 72.8 Å². The maximum absolute atomic E-state index is 12.6. The fourth-order valence-corrected chi connectivity index (χ4v) is 4.49. The molecule has 0 heterocycles. The number of nitrogens with zero attached hydrogens (tertiary/aromatic N) is 1. The second-order valence-corrected chi connectivity index (χ2v) is 8.93. The lowest BCUT2D eigenvalue weighted by molar-refractivity contribution is -0.146. The quantitative estimate of drug-likeness (QED) is 0.245. The van der Waals surface area contributed by atoms with Crippen LogP contribution in [-0.2, 0) is 30.0 Å². The number of amides is 1. The first-order valence-corrected chi connectivity index (χ1v) is 12.5. The van der Waals surface area contributed by atoms with E-state index in [-0.39, 0.29) is 19.1 Å². The average Bonchev–Trinajstić information content (AvgIpc) is 2.91. The molecule has 3 atom stereocenters. The number of hydrogen-bond acceptors (Lipinski definition) is 6. The molecule has 7 nitrogen and oxygen atoms in total. The molecular formula is C27H32NO6P. The zero-order valence-electron chi connectivity index (χ0n) is 20.1. The van der Waals surface area contributed by atoms with E-state index in [0.717, 1.165) is 21.9 Å². The lowest BCUT2D eigenvalue weighted by Gasteiger charge is -2.25. The van der Waals surface area contributed by atoms with Crippen LogP contribution >= 0.6 is 8.69 Å². The van der Waals surface area contributed by atoms with Crippen LogP contribution < -0.4 is 0 Å². The highest BCUT2D eigenvalue weighted by Gasteiger charge is 2.27. The van der Waals surface area contributed by atoms with Gasteiger partial charge < -0.3 is 18.9 Å². The van der Waals surface area contributed by atoms with Gasteiger partial charge >= 0.3 is 12.1 Å². The summed E-state index contributed by atoms with van der Waals surface area (Å²) < 4.78 is 26.5. The van der Waals surface area contributed by atoms with Crippen LogP contribution in [0.3, 0.4) is 0 Å². The minimum atomic E-state index is -1.42. The summed E-state index contributed by atoms with van der Waals surface area (Å²) in [6.45, 7) is 0.668. The molecule has 0 aromatic heterocycles. The summed E-state index contributed by atoms with van der Waals surface area (Å²) in [6.07, 6.45) is 0.628. The first-order valence-electron chi connectivity index (χ1n) is 11.6. The zero-order chi connectivity index (χ0) is 25.0. The second kappa shape index (κ2) is 13.7. The fraction of sp³-hybridized carbons (Fsp3) is 0.333. The molecule has 3 aromatic rings. The van der Waals surface area contributed by atoms with Crippen molar-refractivity contribution >= 4 is 31.5 Å². The lowest BCUT2D eigenvalue weighted by atomic mass is 9.84. The molecule has 3 rings (SSSR count). The Hall–Kier alpha value is -3.15. The molecule has 3 unspecified atom stereocenters. The van der Waals surface area contributed by atoms with Gasteiger partial charge in [0.1, 0.15) is 6.61 Å². The first-order chi connectivity index (χ1) is 17.0. The summed E-state index contributed by atoms with van der Waals surface area (Å²) in [7, 11) is 1.62. The van der Waals surface area contributed by atoms with E-state index in [4.69, 9.17) is 14.0 Å². The van der Waals surface area contributed by atoms with Gasteiger partial charge in [-0.15, -0.1) is 0 Å². The summed E-state index contributed by atoms with van der Waals surface area (Å²) in [6, 6.07) is 23.7. The van der Waals surface area contributed by atoms with Crippen molar-refractivity contribution in [2.75, 3.05) is 27.3 Å². The van der Waals surface area contributed by atoms with E-state index in [2.05, 4.69) is 12.1 Å². The predicted octanol–water partition coefficient (Wildman–Crippen LogP) is 5.45. The molecule has 0 spiro atoms. The number of methoxy groups -OCH3 is 1. The van der Waals surface area contributed by atoms with Crippen molar-refractivity contribution in [2.24, 2.45) is 5.92 Å². The molecule has 0 saturated heterocycles. The van der Waals surface area contributed by atoms with Crippen molar-refractivity contribution in [3.05, 3.63) is 83.9 Å². The Morgan fingerprint density at radius 2 is 1.69 bits per heavy atom. The number of rotatable bonds is 12. The third-order valence-corrected chi connectivity index (χ3v) is 6.39. The largest absolute Gasteiger partial charge is 0.469 e. The minimum Gasteiger partial charge on any atom is -0.469 e. The molecule has 0 saturated carbocycles. The highest BCUT2D eigenvalue weighted by molar-refractivity contribution is 7.17. The Morgan fingerprint density at radius 3 is 2.43 bits per heavy atom. The number of carbonyl (C=O) groups excluding carboxylic acids is 2. The SMILES string of the molecule is COC(=O)C(CO[PH2]=O)CC(CCN(C)C(=O)OCc1ccccc1)c1cccc2ccccc12. The fourth-order valence-electron chi connectivity index (χ4n) is 4.17. The van der Waals surface area contributed by atoms with Crippen molar-refractivity contribution < 1.29 is 28.2 Å². The van der Waals surface area contributed by atoms with Crippen LogP contribution in [0.5, 0.6) is 0 Å². The molecule has 0 radical (unpaired) electrons. The van der Waals surface area contributed by atoms with Gasteiger partial charge in [0.25, 0.3) is 0 Å². The summed E-state index contributed by atoms with van der Waals surface area (Å²) in [4.78, 5) is 26.6. The summed E-state index contributed by atoms with van der Waals surface area (Å²) >= 11 is 0. The molecular weight excluding hydrogens is 465 g/mol. The number of ether oxygens (including phenoxy) is 2. The van der Waals surface area contributed by atoms with Crippen LogP contribution in [0.1, 0.15) is 29.9 Å². The van der Waals surface area contributed by atoms with E-state index >= 15 is 0 Å². The minimum absolute atomic E-state index is 0.0295. The summed E-state index contributed by atoms with van der Waals surface area (Å²) in [5, 5.41) is 2.19. The molecule has 0 fully saturated rings. The van der Waals surface area contributed by atoms with Crippen molar-refractivity contribution in [2.45, 2.75) is 25.4 Å². The highest BCUT2D eigenvalue weighted by Crippen LogP contribution is 2.33. The van der Waals surface area contributed by atoms with E-state index in [1.54, 1.807) is 11.9 Å². The van der Waals surface area contributed by atoms with Crippen LogP contribution in [0.25, 0.3) is 10.8 Å². The molecule has 8 heteroatoms. The topological polar surface area (TPSA) is 82.1 Å². The van der Waals surface area contributed by atoms with Crippen LogP contribution in [0.4, 0.5) is 4.79 Å². The average molecular weight is 498 g/mol. The number of fused-ring (bicyclic) bond motifs is 1. The Morgan fingerprint density at radius 1 is 0.971 bits per heavy atom. The standard InChI is InChI=1S/C27H32NO6P/c1-28(27(30)33-18-20-9-4-3-5-10-20)16-15-22(17-23(19-34-35-31)26(29)32-2)25-14-8-12-21-11-6-7-13-24(21)25/h3-14,22-23H,15-19,35H2,1-2H3. The van der Waals surface area contributed by atoms with Gasteiger partial charge in [-0.25, -0.2) is 4.79 Å². The molecule has 0 aliphatic rings. The summed E-state index contributed by atoms with van der Waals surface area (Å²) in [5.74, 6) is -1.04. The molecule has 3 aromatic carbocycles. The van der Waals surface area contributed by atoms with Gasteiger partial charge in [0.15, 0.2) is 8.69 Å². The van der Waals surface area contributed by atoms with Crippen LogP contribution in [0.2, 0.25) is 0 Å². The zero-order valence-corrected chi connectivity index (χ0v) is 21.2. The molecule has 0 aliphatic heterocycles. The van der Waals surface area contributed by atoms with Gasteiger partial charge in [-0.05, 0) is 40.7 Å². The maximum Gasteiger partial charge on any atom is 0.409 e. The van der Waals surface area contributed by atoms with Gasteiger partial charge in [0.2, 0.25) is 0 Å². The Bertz CT molecular complexity index is 1120. The highest BCUT2D eigenvalue weighted by atomic mass is 31.1. The Kier molecular flexibility index (Phi) is 10.3. The molecule has 35 heavy (non-hydrogen) atoms. The third kappa shape index (κ3) is 7.67. The van der Waals surface area contributed by atoms with Gasteiger partial charge in [0, 0.05) is 13.6 Å². The first kappa shape index (κ1) is 26.5. The maximum atomic E-state index is 12.6. The Balaban J connectivity index is 1.76. The van der Waals surface area contributed by atoms with Crippen LogP contribution in [0, 0.1) is 5.92 Å². The van der Waals surface area contributed by atoms with E-state index in [9.17, 15) is 14.2 Å². The number of esters is 1. The smallest absolute Gasteiger partial charge is 0.409 e. The predicted molar refractivity (Wildman–Crippen MR) is 137 cm³/mol. The molecule has 0 bridgehead atoms. The molecule has 1 amide bonds. The van der Waals surface area contributed by atoms with E-state index in [1.807, 2.05) is 60.7 Å². The van der Waals surface area contributed by atoms with E-state index < -0.39 is 26.7 Å². The number of benzene rings is 3. The summed E-state index contributed by atoms with van der Waals surface area (Å²) in [5.41, 5.74) is 2.00. The van der Waals surface area contributed by atoms with Crippen molar-refractivity contribution in [1.82, 2.24) is 4.90 Å². The number of carbonyl (C=O) groups is 2.